The number of hydrogen-bond acceptors (Lipinski definition) is 4. The van der Waals surface area contributed by atoms with Crippen molar-refractivity contribution in [2.75, 3.05) is 4.90 Å². The predicted molar refractivity (Wildman–Crippen MR) is 144 cm³/mol. The summed E-state index contributed by atoms with van der Waals surface area (Å²) in [5, 5.41) is 4.16. The molecule has 4 heterocycles. The summed E-state index contributed by atoms with van der Waals surface area (Å²) in [5.74, 6) is 2.41. The number of aromatic nitrogens is 3. The lowest BCUT2D eigenvalue weighted by atomic mass is 10.0. The van der Waals surface area contributed by atoms with E-state index in [-0.39, 0.29) is 12.1 Å². The van der Waals surface area contributed by atoms with Crippen LogP contribution in [-0.4, -0.2) is 19.6 Å². The van der Waals surface area contributed by atoms with Crippen LogP contribution < -0.4 is 15.0 Å². The summed E-state index contributed by atoms with van der Waals surface area (Å²) in [6, 6.07) is 33.5. The highest BCUT2D eigenvalue weighted by Crippen LogP contribution is 2.42. The van der Waals surface area contributed by atoms with Gasteiger partial charge in [-0.15, -0.1) is 0 Å². The van der Waals surface area contributed by atoms with E-state index in [0.717, 1.165) is 34.4 Å². The minimum atomic E-state index is -0.148. The van der Waals surface area contributed by atoms with Crippen molar-refractivity contribution in [1.82, 2.24) is 19.9 Å². The van der Waals surface area contributed by atoms with Crippen molar-refractivity contribution in [3.8, 4) is 17.3 Å². The average molecular weight is 490 g/mol. The summed E-state index contributed by atoms with van der Waals surface area (Å²) in [7, 11) is 0. The lowest BCUT2D eigenvalue weighted by Gasteiger charge is -2.29. The maximum Gasteiger partial charge on any atom is 0.174 e. The van der Waals surface area contributed by atoms with Gasteiger partial charge < -0.3 is 19.5 Å². The SMILES string of the molecule is S=C1N[C@@H](c2ccccn2)[C@H](c2cccn2-c2ccccn2)N1c1ccc(Oc2ccccc2)cc1. The minimum Gasteiger partial charge on any atom is -0.457 e. The Bertz CT molecular complexity index is 1460. The Morgan fingerprint density at radius 3 is 2.17 bits per heavy atom. The molecule has 2 aromatic carbocycles. The molecule has 0 unspecified atom stereocenters. The van der Waals surface area contributed by atoms with Crippen molar-refractivity contribution in [3.63, 3.8) is 0 Å². The van der Waals surface area contributed by atoms with Gasteiger partial charge in [-0.05, 0) is 85.0 Å². The van der Waals surface area contributed by atoms with Crippen LogP contribution >= 0.6 is 12.2 Å². The number of anilines is 1. The van der Waals surface area contributed by atoms with Gasteiger partial charge in [0.25, 0.3) is 0 Å². The lowest BCUT2D eigenvalue weighted by molar-refractivity contribution is 0.482. The minimum absolute atomic E-state index is 0.142. The fraction of sp³-hybridized carbons (Fsp3) is 0.0690. The van der Waals surface area contributed by atoms with Crippen molar-refractivity contribution >= 4 is 23.0 Å². The molecule has 0 spiro atoms. The number of hydrogen-bond donors (Lipinski definition) is 1. The second-order valence-corrected chi connectivity index (χ2v) is 8.78. The van der Waals surface area contributed by atoms with Gasteiger partial charge >= 0.3 is 0 Å². The molecule has 36 heavy (non-hydrogen) atoms. The number of nitrogens with zero attached hydrogens (tertiary/aromatic N) is 4. The predicted octanol–water partition coefficient (Wildman–Crippen LogP) is 6.24. The van der Waals surface area contributed by atoms with E-state index in [0.29, 0.717) is 5.11 Å². The summed E-state index contributed by atoms with van der Waals surface area (Å²) in [4.78, 5) is 11.4. The topological polar surface area (TPSA) is 55.2 Å². The third kappa shape index (κ3) is 4.21. The van der Waals surface area contributed by atoms with Crippen LogP contribution in [0.15, 0.2) is 122 Å². The van der Waals surface area contributed by atoms with Gasteiger partial charge in [-0.1, -0.05) is 30.3 Å². The van der Waals surface area contributed by atoms with Crippen molar-refractivity contribution < 1.29 is 4.74 Å². The highest BCUT2D eigenvalue weighted by molar-refractivity contribution is 7.80. The number of thiocarbonyl (C=S) groups is 1. The molecule has 0 saturated carbocycles. The Labute approximate surface area is 214 Å². The molecule has 6 nitrogen and oxygen atoms in total. The van der Waals surface area contributed by atoms with Crippen molar-refractivity contribution in [1.29, 1.82) is 0 Å². The van der Waals surface area contributed by atoms with E-state index in [9.17, 15) is 0 Å². The van der Waals surface area contributed by atoms with Crippen LogP contribution in [0.5, 0.6) is 11.5 Å². The molecule has 1 N–H and O–H groups in total. The maximum absolute atomic E-state index is 6.00. The van der Waals surface area contributed by atoms with Crippen LogP contribution in [0.2, 0.25) is 0 Å². The van der Waals surface area contributed by atoms with E-state index in [1.165, 1.54) is 0 Å². The first-order valence-corrected chi connectivity index (χ1v) is 12.1. The van der Waals surface area contributed by atoms with Gasteiger partial charge in [-0.3, -0.25) is 4.98 Å². The van der Waals surface area contributed by atoms with Gasteiger partial charge in [0, 0.05) is 30.0 Å². The summed E-state index contributed by atoms with van der Waals surface area (Å²) in [6.45, 7) is 0. The van der Waals surface area contributed by atoms with Crippen molar-refractivity contribution in [2.45, 2.75) is 12.1 Å². The zero-order valence-electron chi connectivity index (χ0n) is 19.3. The number of rotatable bonds is 6. The first-order valence-electron chi connectivity index (χ1n) is 11.7. The first kappa shape index (κ1) is 22.0. The Morgan fingerprint density at radius 2 is 1.44 bits per heavy atom. The van der Waals surface area contributed by atoms with E-state index in [2.05, 4.69) is 30.8 Å². The molecule has 1 fully saturated rings. The molecule has 0 bridgehead atoms. The molecule has 1 saturated heterocycles. The Balaban J connectivity index is 1.40. The molecule has 176 valence electrons. The fourth-order valence-corrected chi connectivity index (χ4v) is 4.92. The largest absolute Gasteiger partial charge is 0.457 e. The second-order valence-electron chi connectivity index (χ2n) is 8.40. The summed E-state index contributed by atoms with van der Waals surface area (Å²) >= 11 is 5.88. The molecule has 3 aromatic heterocycles. The molecule has 5 aromatic rings. The van der Waals surface area contributed by atoms with Gasteiger partial charge in [0.05, 0.1) is 11.7 Å². The van der Waals surface area contributed by atoms with Gasteiger partial charge in [-0.2, -0.15) is 0 Å². The molecule has 2 atom stereocenters. The van der Waals surface area contributed by atoms with Gasteiger partial charge in [0.1, 0.15) is 23.4 Å². The number of para-hydroxylation sites is 1. The highest BCUT2D eigenvalue weighted by atomic mass is 32.1. The number of benzene rings is 2. The standard InChI is InChI=1S/C29H23N5OS/c36-29-32-27(24-11-4-6-18-30-24)28(25-12-8-20-33(25)26-13-5-7-19-31-26)34(29)21-14-16-23(17-15-21)35-22-9-2-1-3-10-22/h1-20,27-28H,(H,32,36)/t27-,28-/m0/s1. The fourth-order valence-electron chi connectivity index (χ4n) is 4.57. The number of nitrogens with one attached hydrogen (secondary N) is 1. The molecule has 0 aliphatic carbocycles. The van der Waals surface area contributed by atoms with Crippen LogP contribution in [0.3, 0.4) is 0 Å². The number of ether oxygens (including phenoxy) is 1. The molecular weight excluding hydrogens is 466 g/mol. The first-order chi connectivity index (χ1) is 17.8. The summed E-state index contributed by atoms with van der Waals surface area (Å²) < 4.78 is 8.11. The number of pyridine rings is 2. The quantitative estimate of drug-likeness (QED) is 0.285. The normalized spacial score (nSPS) is 17.1. The van der Waals surface area contributed by atoms with Crippen LogP contribution in [0.1, 0.15) is 23.5 Å². The van der Waals surface area contributed by atoms with E-state index in [1.54, 1.807) is 6.20 Å². The third-order valence-electron chi connectivity index (χ3n) is 6.17. The van der Waals surface area contributed by atoms with Gasteiger partial charge in [0.2, 0.25) is 0 Å². The van der Waals surface area contributed by atoms with Gasteiger partial charge in [0.15, 0.2) is 5.11 Å². The van der Waals surface area contributed by atoms with Gasteiger partial charge in [-0.25, -0.2) is 4.98 Å². The molecule has 1 aliphatic rings. The molecule has 1 aliphatic heterocycles. The highest BCUT2D eigenvalue weighted by Gasteiger charge is 2.42. The molecular formula is C29H23N5OS. The van der Waals surface area contributed by atoms with Crippen molar-refractivity contribution in [2.24, 2.45) is 0 Å². The maximum atomic E-state index is 6.00. The monoisotopic (exact) mass is 489 g/mol. The zero-order valence-corrected chi connectivity index (χ0v) is 20.1. The van der Waals surface area contributed by atoms with E-state index in [4.69, 9.17) is 17.0 Å². The summed E-state index contributed by atoms with van der Waals surface area (Å²) in [6.07, 6.45) is 5.65. The lowest BCUT2D eigenvalue weighted by Crippen LogP contribution is -2.30. The smallest absolute Gasteiger partial charge is 0.174 e. The van der Waals surface area contributed by atoms with Crippen LogP contribution in [-0.2, 0) is 0 Å². The van der Waals surface area contributed by atoms with E-state index >= 15 is 0 Å². The Kier molecular flexibility index (Phi) is 5.89. The third-order valence-corrected chi connectivity index (χ3v) is 6.49. The Hall–Kier alpha value is -4.49. The summed E-state index contributed by atoms with van der Waals surface area (Å²) in [5.41, 5.74) is 2.94. The second kappa shape index (κ2) is 9.64. The van der Waals surface area contributed by atoms with Crippen molar-refractivity contribution in [3.05, 3.63) is 133 Å². The molecule has 6 rings (SSSR count). The Morgan fingerprint density at radius 1 is 0.722 bits per heavy atom. The van der Waals surface area contributed by atoms with E-state index < -0.39 is 0 Å². The zero-order chi connectivity index (χ0) is 24.3. The van der Waals surface area contributed by atoms with E-state index in [1.807, 2.05) is 109 Å². The van der Waals surface area contributed by atoms with Crippen LogP contribution in [0.25, 0.3) is 5.82 Å². The molecule has 0 amide bonds. The molecule has 0 radical (unpaired) electrons. The molecule has 7 heteroatoms. The van der Waals surface area contributed by atoms with Crippen LogP contribution in [0.4, 0.5) is 5.69 Å². The van der Waals surface area contributed by atoms with Crippen LogP contribution in [0, 0.1) is 0 Å². The average Bonchev–Trinajstić information content (AvgIpc) is 3.55.